The molecule has 0 fully saturated rings. The number of aliphatic imine (C=N–C) groups is 1. The smallest absolute Gasteiger partial charge is 0.282 e. The minimum absolute atomic E-state index is 0.198. The number of aryl methyl sites for hydroxylation is 1. The lowest BCUT2D eigenvalue weighted by molar-refractivity contribution is -0.113. The van der Waals surface area contributed by atoms with Crippen LogP contribution in [0.4, 0.5) is 5.69 Å². The van der Waals surface area contributed by atoms with E-state index in [1.807, 2.05) is 67.6 Å². The third-order valence-corrected chi connectivity index (χ3v) is 5.52. The van der Waals surface area contributed by atoms with Gasteiger partial charge < -0.3 is 9.47 Å². The Morgan fingerprint density at radius 2 is 1.65 bits per heavy atom. The lowest BCUT2D eigenvalue weighted by atomic mass is 10.1. The predicted molar refractivity (Wildman–Crippen MR) is 127 cm³/mol. The highest BCUT2D eigenvalue weighted by Crippen LogP contribution is 2.32. The molecule has 0 unspecified atom stereocenters. The number of benzene rings is 3. The van der Waals surface area contributed by atoms with Crippen LogP contribution in [-0.4, -0.2) is 26.0 Å². The minimum Gasteiger partial charge on any atom is -0.497 e. The molecule has 1 heterocycles. The Morgan fingerprint density at radius 1 is 0.935 bits per heavy atom. The van der Waals surface area contributed by atoms with Gasteiger partial charge >= 0.3 is 0 Å². The van der Waals surface area contributed by atoms with Crippen molar-refractivity contribution >= 4 is 39.4 Å². The van der Waals surface area contributed by atoms with E-state index in [1.54, 1.807) is 31.3 Å². The summed E-state index contributed by atoms with van der Waals surface area (Å²) >= 11 is 3.45. The molecule has 0 N–H and O–H groups in total. The maximum Gasteiger partial charge on any atom is 0.282 e. The van der Waals surface area contributed by atoms with Crippen LogP contribution in [0.3, 0.4) is 0 Å². The Morgan fingerprint density at radius 3 is 2.29 bits per heavy atom. The number of ether oxygens (including phenoxy) is 2. The van der Waals surface area contributed by atoms with Gasteiger partial charge in [0, 0.05) is 21.7 Å². The average Bonchev–Trinajstić information content (AvgIpc) is 3.11. The maximum atomic E-state index is 13.4. The molecule has 3 aromatic rings. The molecule has 0 bridgehead atoms. The third kappa shape index (κ3) is 4.25. The molecule has 1 amide bonds. The van der Waals surface area contributed by atoms with Crippen LogP contribution in [0.2, 0.25) is 0 Å². The van der Waals surface area contributed by atoms with Crippen molar-refractivity contribution in [2.45, 2.75) is 6.92 Å². The third-order valence-electron chi connectivity index (χ3n) is 4.99. The molecule has 0 saturated heterocycles. The molecule has 4 rings (SSSR count). The van der Waals surface area contributed by atoms with E-state index in [0.717, 1.165) is 26.9 Å². The molecule has 5 nitrogen and oxygen atoms in total. The fraction of sp³-hybridized carbons (Fsp3) is 0.120. The molecule has 31 heavy (non-hydrogen) atoms. The van der Waals surface area contributed by atoms with Gasteiger partial charge in [0.2, 0.25) is 0 Å². The minimum atomic E-state index is -0.198. The van der Waals surface area contributed by atoms with E-state index in [9.17, 15) is 4.79 Å². The Balaban J connectivity index is 1.82. The molecule has 3 aromatic carbocycles. The van der Waals surface area contributed by atoms with Gasteiger partial charge in [0.05, 0.1) is 19.9 Å². The van der Waals surface area contributed by atoms with E-state index in [-0.39, 0.29) is 5.91 Å². The second-order valence-corrected chi connectivity index (χ2v) is 7.97. The van der Waals surface area contributed by atoms with Crippen molar-refractivity contribution in [2.24, 2.45) is 4.99 Å². The summed E-state index contributed by atoms with van der Waals surface area (Å²) in [6.45, 7) is 2.03. The molecular weight excluding hydrogens is 456 g/mol. The summed E-state index contributed by atoms with van der Waals surface area (Å²) in [6.07, 6.45) is 1.74. The Labute approximate surface area is 189 Å². The van der Waals surface area contributed by atoms with Crippen LogP contribution in [0.5, 0.6) is 11.5 Å². The highest BCUT2D eigenvalue weighted by atomic mass is 79.9. The molecule has 1 aliphatic rings. The second kappa shape index (κ2) is 8.78. The summed E-state index contributed by atoms with van der Waals surface area (Å²) in [6, 6.07) is 21.0. The number of hydrogen-bond donors (Lipinski definition) is 0. The van der Waals surface area contributed by atoms with Crippen LogP contribution in [-0.2, 0) is 4.79 Å². The molecule has 0 radical (unpaired) electrons. The largest absolute Gasteiger partial charge is 0.497 e. The number of methoxy groups -OCH3 is 2. The zero-order valence-corrected chi connectivity index (χ0v) is 19.0. The molecule has 0 spiro atoms. The van der Waals surface area contributed by atoms with Gasteiger partial charge in [0.25, 0.3) is 5.91 Å². The van der Waals surface area contributed by atoms with Crippen molar-refractivity contribution in [3.8, 4) is 11.5 Å². The number of carbonyl (C=O) groups excluding carboxylic acids is 1. The number of anilines is 1. The fourth-order valence-electron chi connectivity index (χ4n) is 3.33. The molecule has 156 valence electrons. The van der Waals surface area contributed by atoms with Crippen molar-refractivity contribution in [3.05, 3.63) is 93.6 Å². The van der Waals surface area contributed by atoms with E-state index in [0.29, 0.717) is 23.0 Å². The van der Waals surface area contributed by atoms with Crippen LogP contribution in [0.15, 0.2) is 81.9 Å². The van der Waals surface area contributed by atoms with Gasteiger partial charge in [-0.3, -0.25) is 9.69 Å². The number of amidine groups is 1. The van der Waals surface area contributed by atoms with E-state index < -0.39 is 0 Å². The topological polar surface area (TPSA) is 51.1 Å². The van der Waals surface area contributed by atoms with Crippen LogP contribution >= 0.6 is 15.9 Å². The highest BCUT2D eigenvalue weighted by Gasteiger charge is 2.32. The zero-order valence-electron chi connectivity index (χ0n) is 17.4. The van der Waals surface area contributed by atoms with Gasteiger partial charge in [-0.1, -0.05) is 45.8 Å². The SMILES string of the molecule is COc1ccc(/C=C2/N=C(c3ccc(C)cc3)N(c3ccc(Br)cc3)C2=O)c(OC)c1. The van der Waals surface area contributed by atoms with Gasteiger partial charge in [0.15, 0.2) is 0 Å². The quantitative estimate of drug-likeness (QED) is 0.449. The normalized spacial score (nSPS) is 14.7. The summed E-state index contributed by atoms with van der Waals surface area (Å²) in [5.41, 5.74) is 3.84. The van der Waals surface area contributed by atoms with E-state index in [4.69, 9.17) is 14.5 Å². The maximum absolute atomic E-state index is 13.4. The molecule has 0 aliphatic carbocycles. The van der Waals surface area contributed by atoms with E-state index in [1.165, 1.54) is 0 Å². The van der Waals surface area contributed by atoms with Crippen LogP contribution in [0.1, 0.15) is 16.7 Å². The Kier molecular flexibility index (Phi) is 5.91. The monoisotopic (exact) mass is 476 g/mol. The Hall–Kier alpha value is -3.38. The summed E-state index contributed by atoms with van der Waals surface area (Å²) in [7, 11) is 3.18. The van der Waals surface area contributed by atoms with Crippen LogP contribution in [0, 0.1) is 6.92 Å². The van der Waals surface area contributed by atoms with Crippen molar-refractivity contribution in [1.29, 1.82) is 0 Å². The van der Waals surface area contributed by atoms with Gasteiger partial charge in [0.1, 0.15) is 23.0 Å². The second-order valence-electron chi connectivity index (χ2n) is 7.06. The fourth-order valence-corrected chi connectivity index (χ4v) is 3.59. The summed E-state index contributed by atoms with van der Waals surface area (Å²) in [5, 5.41) is 0. The first-order valence-corrected chi connectivity index (χ1v) is 10.5. The number of rotatable bonds is 5. The number of halogens is 1. The average molecular weight is 477 g/mol. The Bertz CT molecular complexity index is 1180. The van der Waals surface area contributed by atoms with Crippen LogP contribution < -0.4 is 14.4 Å². The molecular formula is C25H21BrN2O3. The summed E-state index contributed by atoms with van der Waals surface area (Å²) in [4.78, 5) is 19.8. The highest BCUT2D eigenvalue weighted by molar-refractivity contribution is 9.10. The van der Waals surface area contributed by atoms with Gasteiger partial charge in [-0.05, 0) is 49.4 Å². The number of amides is 1. The number of carbonyl (C=O) groups is 1. The van der Waals surface area contributed by atoms with Gasteiger partial charge in [-0.25, -0.2) is 4.99 Å². The van der Waals surface area contributed by atoms with Crippen molar-refractivity contribution in [3.63, 3.8) is 0 Å². The summed E-state index contributed by atoms with van der Waals surface area (Å²) < 4.78 is 11.7. The molecule has 1 aliphatic heterocycles. The lowest BCUT2D eigenvalue weighted by Crippen LogP contribution is -2.32. The molecule has 0 atom stereocenters. The van der Waals surface area contributed by atoms with Crippen molar-refractivity contribution in [2.75, 3.05) is 19.1 Å². The van der Waals surface area contributed by atoms with Gasteiger partial charge in [-0.15, -0.1) is 0 Å². The zero-order chi connectivity index (χ0) is 22.0. The van der Waals surface area contributed by atoms with Crippen molar-refractivity contribution in [1.82, 2.24) is 0 Å². The van der Waals surface area contributed by atoms with Gasteiger partial charge in [-0.2, -0.15) is 0 Å². The standard InChI is InChI=1S/C25H21BrN2O3/c1-16-4-6-17(7-5-16)24-27-22(14-18-8-13-21(30-2)15-23(18)31-3)25(29)28(24)20-11-9-19(26)10-12-20/h4-15H,1-3H3/b22-14+. The lowest BCUT2D eigenvalue weighted by Gasteiger charge is -2.18. The number of nitrogens with zero attached hydrogens (tertiary/aromatic N) is 2. The summed E-state index contributed by atoms with van der Waals surface area (Å²) in [5.74, 6) is 1.67. The van der Waals surface area contributed by atoms with Crippen LogP contribution in [0.25, 0.3) is 6.08 Å². The number of hydrogen-bond acceptors (Lipinski definition) is 4. The first kappa shape index (κ1) is 20.9. The first-order valence-electron chi connectivity index (χ1n) is 9.69. The first-order chi connectivity index (χ1) is 15.0. The molecule has 0 aromatic heterocycles. The molecule has 0 saturated carbocycles. The van der Waals surface area contributed by atoms with E-state index in [2.05, 4.69) is 15.9 Å². The van der Waals surface area contributed by atoms with E-state index >= 15 is 0 Å². The molecule has 6 heteroatoms. The van der Waals surface area contributed by atoms with Crippen molar-refractivity contribution < 1.29 is 14.3 Å². The predicted octanol–water partition coefficient (Wildman–Crippen LogP) is 5.61.